The molecule has 0 aliphatic heterocycles. The van der Waals surface area contributed by atoms with E-state index in [0.29, 0.717) is 5.52 Å². The maximum absolute atomic E-state index is 13.4. The van der Waals surface area contributed by atoms with Crippen molar-refractivity contribution in [2.75, 3.05) is 13.2 Å². The van der Waals surface area contributed by atoms with E-state index < -0.39 is 11.7 Å². The molecule has 0 fully saturated rings. The van der Waals surface area contributed by atoms with E-state index in [4.69, 9.17) is 10.5 Å². The SMILES string of the molecule is Cn1nnc2c(C#N)nc(-c3ccc(OCCN)c(C(F)(F)F)c3)cc21. The van der Waals surface area contributed by atoms with Gasteiger partial charge in [-0.25, -0.2) is 9.67 Å². The number of rotatable bonds is 4. The average molecular weight is 362 g/mol. The maximum atomic E-state index is 13.4. The Morgan fingerprint density at radius 3 is 2.73 bits per heavy atom. The molecule has 3 aromatic rings. The van der Waals surface area contributed by atoms with E-state index in [1.54, 1.807) is 7.05 Å². The Morgan fingerprint density at radius 2 is 2.08 bits per heavy atom. The van der Waals surface area contributed by atoms with E-state index in [2.05, 4.69) is 15.3 Å². The molecular weight excluding hydrogens is 349 g/mol. The molecule has 134 valence electrons. The van der Waals surface area contributed by atoms with E-state index in [-0.39, 0.29) is 41.4 Å². The number of fused-ring (bicyclic) bond motifs is 1. The number of halogens is 3. The number of aromatic nitrogens is 4. The van der Waals surface area contributed by atoms with Gasteiger partial charge in [0.1, 0.15) is 23.9 Å². The van der Waals surface area contributed by atoms with Gasteiger partial charge in [-0.1, -0.05) is 5.21 Å². The summed E-state index contributed by atoms with van der Waals surface area (Å²) < 4.78 is 46.6. The van der Waals surface area contributed by atoms with Gasteiger partial charge in [0, 0.05) is 19.2 Å². The van der Waals surface area contributed by atoms with E-state index in [0.717, 1.165) is 6.07 Å². The molecule has 0 amide bonds. The van der Waals surface area contributed by atoms with Crippen molar-refractivity contribution in [2.45, 2.75) is 6.18 Å². The summed E-state index contributed by atoms with van der Waals surface area (Å²) in [5, 5.41) is 16.9. The molecule has 7 nitrogen and oxygen atoms in total. The Balaban J connectivity index is 2.16. The van der Waals surface area contributed by atoms with Gasteiger partial charge < -0.3 is 10.5 Å². The lowest BCUT2D eigenvalue weighted by molar-refractivity contribution is -0.138. The predicted octanol–water partition coefficient (Wildman–Crippen LogP) is 2.26. The van der Waals surface area contributed by atoms with E-state index in [1.165, 1.54) is 22.9 Å². The first kappa shape index (κ1) is 17.6. The van der Waals surface area contributed by atoms with Crippen molar-refractivity contribution in [3.63, 3.8) is 0 Å². The summed E-state index contributed by atoms with van der Waals surface area (Å²) in [7, 11) is 1.62. The highest BCUT2D eigenvalue weighted by Crippen LogP contribution is 2.38. The molecule has 0 aliphatic carbocycles. The highest BCUT2D eigenvalue weighted by atomic mass is 19.4. The zero-order chi connectivity index (χ0) is 18.9. The average Bonchev–Trinajstić information content (AvgIpc) is 2.99. The Morgan fingerprint density at radius 1 is 1.31 bits per heavy atom. The van der Waals surface area contributed by atoms with Crippen molar-refractivity contribution in [1.82, 2.24) is 20.0 Å². The minimum absolute atomic E-state index is 0.0115. The summed E-state index contributed by atoms with van der Waals surface area (Å²) in [6, 6.07) is 7.02. The van der Waals surface area contributed by atoms with Crippen LogP contribution in [-0.2, 0) is 13.2 Å². The van der Waals surface area contributed by atoms with Crippen LogP contribution in [0.25, 0.3) is 22.3 Å². The highest BCUT2D eigenvalue weighted by molar-refractivity contribution is 5.83. The van der Waals surface area contributed by atoms with E-state index in [9.17, 15) is 18.4 Å². The first-order chi connectivity index (χ1) is 12.3. The number of nitriles is 1. The van der Waals surface area contributed by atoms with Crippen LogP contribution in [0.15, 0.2) is 24.3 Å². The molecule has 0 atom stereocenters. The molecule has 0 bridgehead atoms. The first-order valence-electron chi connectivity index (χ1n) is 7.50. The molecule has 2 N–H and O–H groups in total. The van der Waals surface area contributed by atoms with Gasteiger partial charge >= 0.3 is 6.18 Å². The molecule has 0 saturated heterocycles. The summed E-state index contributed by atoms with van der Waals surface area (Å²) in [5.41, 5.74) is 5.51. The van der Waals surface area contributed by atoms with Crippen molar-refractivity contribution in [2.24, 2.45) is 12.8 Å². The summed E-state index contributed by atoms with van der Waals surface area (Å²) in [6.07, 6.45) is -4.61. The number of nitrogens with two attached hydrogens (primary N) is 1. The van der Waals surface area contributed by atoms with Crippen molar-refractivity contribution in [1.29, 1.82) is 5.26 Å². The lowest BCUT2D eigenvalue weighted by Crippen LogP contribution is -2.14. The monoisotopic (exact) mass is 362 g/mol. The lowest BCUT2D eigenvalue weighted by Gasteiger charge is -2.15. The number of hydrogen-bond donors (Lipinski definition) is 1. The van der Waals surface area contributed by atoms with Crippen LogP contribution in [0.4, 0.5) is 13.2 Å². The van der Waals surface area contributed by atoms with Gasteiger partial charge in [0.2, 0.25) is 0 Å². The van der Waals surface area contributed by atoms with Gasteiger partial charge in [-0.05, 0) is 24.3 Å². The first-order valence-corrected chi connectivity index (χ1v) is 7.50. The number of ether oxygens (including phenoxy) is 1. The molecule has 0 radical (unpaired) electrons. The standard InChI is InChI=1S/C16H13F3N6O/c1-25-13-7-11(22-12(8-21)15(13)23-24-25)9-2-3-14(26-5-4-20)10(6-9)16(17,18)19/h2-3,6-7H,4-5,20H2,1H3. The summed E-state index contributed by atoms with van der Waals surface area (Å²) in [5.74, 6) is -0.310. The number of pyridine rings is 1. The van der Waals surface area contributed by atoms with Crippen LogP contribution < -0.4 is 10.5 Å². The van der Waals surface area contributed by atoms with Crippen LogP contribution >= 0.6 is 0 Å². The Kier molecular flexibility index (Phi) is 4.48. The highest BCUT2D eigenvalue weighted by Gasteiger charge is 2.35. The number of aryl methyl sites for hydroxylation is 1. The third-order valence-electron chi connectivity index (χ3n) is 3.66. The van der Waals surface area contributed by atoms with Gasteiger partial charge in [-0.3, -0.25) is 0 Å². The van der Waals surface area contributed by atoms with Crippen molar-refractivity contribution < 1.29 is 17.9 Å². The van der Waals surface area contributed by atoms with Crippen LogP contribution in [0.5, 0.6) is 5.75 Å². The quantitative estimate of drug-likeness (QED) is 0.764. The molecule has 3 rings (SSSR count). The number of nitrogens with zero attached hydrogens (tertiary/aromatic N) is 5. The normalized spacial score (nSPS) is 11.5. The third-order valence-corrected chi connectivity index (χ3v) is 3.66. The Labute approximate surface area is 145 Å². The third kappa shape index (κ3) is 3.16. The minimum Gasteiger partial charge on any atom is -0.492 e. The molecule has 0 spiro atoms. The van der Waals surface area contributed by atoms with Crippen molar-refractivity contribution in [3.8, 4) is 23.1 Å². The second-order valence-electron chi connectivity index (χ2n) is 5.39. The molecule has 0 unspecified atom stereocenters. The van der Waals surface area contributed by atoms with E-state index in [1.807, 2.05) is 6.07 Å². The zero-order valence-electron chi connectivity index (χ0n) is 13.6. The summed E-state index contributed by atoms with van der Waals surface area (Å²) in [4.78, 5) is 4.11. The largest absolute Gasteiger partial charge is 0.492 e. The minimum atomic E-state index is -4.61. The van der Waals surface area contributed by atoms with Crippen LogP contribution in [-0.4, -0.2) is 33.1 Å². The Bertz CT molecular complexity index is 1010. The topological polar surface area (TPSA) is 103 Å². The van der Waals surface area contributed by atoms with Crippen LogP contribution in [0.1, 0.15) is 11.3 Å². The summed E-state index contributed by atoms with van der Waals surface area (Å²) >= 11 is 0. The molecule has 26 heavy (non-hydrogen) atoms. The van der Waals surface area contributed by atoms with Gasteiger partial charge in [0.05, 0.1) is 16.8 Å². The molecule has 2 aromatic heterocycles. The summed E-state index contributed by atoms with van der Waals surface area (Å²) in [6.45, 7) is 0.0577. The van der Waals surface area contributed by atoms with Crippen LogP contribution in [0.2, 0.25) is 0 Å². The van der Waals surface area contributed by atoms with Gasteiger partial charge in [0.25, 0.3) is 0 Å². The smallest absolute Gasteiger partial charge is 0.419 e. The predicted molar refractivity (Wildman–Crippen MR) is 86.0 cm³/mol. The second kappa shape index (κ2) is 6.61. The number of hydrogen-bond acceptors (Lipinski definition) is 6. The molecular formula is C16H13F3N6O. The maximum Gasteiger partial charge on any atom is 0.419 e. The van der Waals surface area contributed by atoms with Crippen molar-refractivity contribution >= 4 is 11.0 Å². The molecule has 0 aliphatic rings. The number of benzene rings is 1. The molecule has 1 aromatic carbocycles. The van der Waals surface area contributed by atoms with Crippen molar-refractivity contribution in [3.05, 3.63) is 35.5 Å². The molecule has 0 saturated carbocycles. The lowest BCUT2D eigenvalue weighted by atomic mass is 10.1. The fourth-order valence-electron chi connectivity index (χ4n) is 2.46. The zero-order valence-corrected chi connectivity index (χ0v) is 13.6. The van der Waals surface area contributed by atoms with Gasteiger partial charge in [-0.15, -0.1) is 5.10 Å². The fourth-order valence-corrected chi connectivity index (χ4v) is 2.46. The van der Waals surface area contributed by atoms with Crippen LogP contribution in [0, 0.1) is 11.3 Å². The Hall–Kier alpha value is -3.19. The van der Waals surface area contributed by atoms with E-state index >= 15 is 0 Å². The van der Waals surface area contributed by atoms with Gasteiger partial charge in [-0.2, -0.15) is 18.4 Å². The fraction of sp³-hybridized carbons (Fsp3) is 0.250. The second-order valence-corrected chi connectivity index (χ2v) is 5.39. The van der Waals surface area contributed by atoms with Gasteiger partial charge in [0.15, 0.2) is 5.69 Å². The molecule has 10 heteroatoms. The number of alkyl halides is 3. The molecule has 2 heterocycles. The van der Waals surface area contributed by atoms with Crippen LogP contribution in [0.3, 0.4) is 0 Å².